The summed E-state index contributed by atoms with van der Waals surface area (Å²) in [7, 11) is 0. The summed E-state index contributed by atoms with van der Waals surface area (Å²) in [5.41, 5.74) is 1.53. The van der Waals surface area contributed by atoms with Crippen molar-refractivity contribution < 1.29 is 23.5 Å². The first kappa shape index (κ1) is 23.3. The summed E-state index contributed by atoms with van der Waals surface area (Å²) in [6.45, 7) is 6.90. The number of hydrogen-bond donors (Lipinski definition) is 1. The lowest BCUT2D eigenvalue weighted by atomic mass is 10.1. The third-order valence-corrected chi connectivity index (χ3v) is 5.61. The Labute approximate surface area is 201 Å². The topological polar surface area (TPSA) is 95.7 Å². The Bertz CT molecular complexity index is 1230. The number of nitrogens with zero attached hydrogens (tertiary/aromatic N) is 2. The molecule has 0 unspecified atom stereocenters. The highest BCUT2D eigenvalue weighted by atomic mass is 32.1. The van der Waals surface area contributed by atoms with Gasteiger partial charge in [-0.05, 0) is 56.5 Å². The van der Waals surface area contributed by atoms with Crippen LogP contribution in [-0.4, -0.2) is 35.9 Å². The molecule has 4 aromatic rings. The molecule has 0 saturated heterocycles. The number of benzene rings is 2. The van der Waals surface area contributed by atoms with Gasteiger partial charge in [-0.3, -0.25) is 4.79 Å². The van der Waals surface area contributed by atoms with Gasteiger partial charge >= 0.3 is 0 Å². The molecule has 0 bridgehead atoms. The summed E-state index contributed by atoms with van der Waals surface area (Å²) in [5.74, 6) is 1.86. The van der Waals surface area contributed by atoms with E-state index in [0.29, 0.717) is 65.6 Å². The highest BCUT2D eigenvalue weighted by Crippen LogP contribution is 2.39. The van der Waals surface area contributed by atoms with Gasteiger partial charge in [-0.2, -0.15) is 4.98 Å². The van der Waals surface area contributed by atoms with Crippen LogP contribution in [0.25, 0.3) is 22.2 Å². The monoisotopic (exact) mass is 479 g/mol. The van der Waals surface area contributed by atoms with E-state index in [-0.39, 0.29) is 5.91 Å². The Balaban J connectivity index is 1.65. The molecule has 0 saturated carbocycles. The quantitative estimate of drug-likeness (QED) is 0.302. The van der Waals surface area contributed by atoms with Crippen molar-refractivity contribution in [1.82, 2.24) is 10.1 Å². The molecule has 0 aliphatic heterocycles. The summed E-state index contributed by atoms with van der Waals surface area (Å²) in [4.78, 5) is 18.6. The lowest BCUT2D eigenvalue weighted by Crippen LogP contribution is -2.14. The largest absolute Gasteiger partial charge is 0.490 e. The average Bonchev–Trinajstić information content (AvgIpc) is 3.54. The van der Waals surface area contributed by atoms with Crippen molar-refractivity contribution in [1.29, 1.82) is 0 Å². The fraction of sp³-hybridized carbons (Fsp3) is 0.240. The molecule has 8 nitrogen and oxygen atoms in total. The SMILES string of the molecule is CCOc1cc(C(=O)Nc2ccccc2-c2nc(-c3cccs3)no2)cc(OCC)c1OCC. The van der Waals surface area contributed by atoms with Crippen LogP contribution in [0.4, 0.5) is 5.69 Å². The van der Waals surface area contributed by atoms with Gasteiger partial charge < -0.3 is 24.1 Å². The van der Waals surface area contributed by atoms with Crippen molar-refractivity contribution >= 4 is 22.9 Å². The number of rotatable bonds is 10. The lowest BCUT2D eigenvalue weighted by molar-refractivity contribution is 0.102. The van der Waals surface area contributed by atoms with Crippen LogP contribution in [0.15, 0.2) is 58.4 Å². The molecule has 2 aromatic carbocycles. The third-order valence-electron chi connectivity index (χ3n) is 4.74. The molecule has 2 aromatic heterocycles. The molecule has 0 atom stereocenters. The Morgan fingerprint density at radius 2 is 1.68 bits per heavy atom. The summed E-state index contributed by atoms with van der Waals surface area (Å²) < 4.78 is 22.7. The molecular weight excluding hydrogens is 454 g/mol. The van der Waals surface area contributed by atoms with E-state index in [9.17, 15) is 4.79 Å². The fourth-order valence-corrected chi connectivity index (χ4v) is 3.98. The van der Waals surface area contributed by atoms with Crippen LogP contribution in [0.1, 0.15) is 31.1 Å². The molecular formula is C25H25N3O5S. The van der Waals surface area contributed by atoms with Crippen LogP contribution in [0, 0.1) is 0 Å². The number of para-hydroxylation sites is 1. The smallest absolute Gasteiger partial charge is 0.260 e. The minimum atomic E-state index is -0.338. The van der Waals surface area contributed by atoms with Crippen molar-refractivity contribution in [2.45, 2.75) is 20.8 Å². The van der Waals surface area contributed by atoms with Gasteiger partial charge in [-0.15, -0.1) is 11.3 Å². The number of ether oxygens (including phenoxy) is 3. The predicted octanol–water partition coefficient (Wildman–Crippen LogP) is 5.91. The van der Waals surface area contributed by atoms with Crippen molar-refractivity contribution in [3.05, 3.63) is 59.5 Å². The lowest BCUT2D eigenvalue weighted by Gasteiger charge is -2.17. The van der Waals surface area contributed by atoms with Gasteiger partial charge in [0, 0.05) is 5.56 Å². The van der Waals surface area contributed by atoms with Crippen molar-refractivity contribution in [3.63, 3.8) is 0 Å². The zero-order valence-corrected chi connectivity index (χ0v) is 20.0. The first-order chi connectivity index (χ1) is 16.6. The van der Waals surface area contributed by atoms with Crippen molar-refractivity contribution in [3.8, 4) is 39.4 Å². The van der Waals surface area contributed by atoms with E-state index in [2.05, 4.69) is 15.5 Å². The molecule has 0 spiro atoms. The van der Waals surface area contributed by atoms with Gasteiger partial charge in [-0.1, -0.05) is 23.4 Å². The molecule has 0 aliphatic rings. The number of carbonyl (C=O) groups is 1. The van der Waals surface area contributed by atoms with Gasteiger partial charge in [0.2, 0.25) is 11.6 Å². The van der Waals surface area contributed by atoms with Gasteiger partial charge in [0.05, 0.1) is 35.9 Å². The molecule has 2 heterocycles. The molecule has 1 N–H and O–H groups in total. The highest BCUT2D eigenvalue weighted by molar-refractivity contribution is 7.13. The second-order valence-corrected chi connectivity index (χ2v) is 7.95. The normalized spacial score (nSPS) is 10.7. The highest BCUT2D eigenvalue weighted by Gasteiger charge is 2.20. The Morgan fingerprint density at radius 3 is 2.32 bits per heavy atom. The first-order valence-electron chi connectivity index (χ1n) is 11.0. The molecule has 1 amide bonds. The van der Waals surface area contributed by atoms with Gasteiger partial charge in [0.25, 0.3) is 11.8 Å². The maximum Gasteiger partial charge on any atom is 0.260 e. The molecule has 4 rings (SSSR count). The van der Waals surface area contributed by atoms with Gasteiger partial charge in [-0.25, -0.2) is 0 Å². The number of thiophene rings is 1. The van der Waals surface area contributed by atoms with Crippen LogP contribution in [0.5, 0.6) is 17.2 Å². The second-order valence-electron chi connectivity index (χ2n) is 7.00. The van der Waals surface area contributed by atoms with E-state index in [1.165, 1.54) is 11.3 Å². The van der Waals surface area contributed by atoms with Gasteiger partial charge in [0.1, 0.15) is 0 Å². The van der Waals surface area contributed by atoms with Crippen LogP contribution in [0.2, 0.25) is 0 Å². The number of hydrogen-bond acceptors (Lipinski definition) is 8. The zero-order chi connectivity index (χ0) is 23.9. The Hall–Kier alpha value is -3.85. The number of aromatic nitrogens is 2. The fourth-order valence-electron chi connectivity index (χ4n) is 3.33. The van der Waals surface area contributed by atoms with Crippen LogP contribution in [0.3, 0.4) is 0 Å². The summed E-state index contributed by atoms with van der Waals surface area (Å²) in [6.07, 6.45) is 0. The van der Waals surface area contributed by atoms with Crippen molar-refractivity contribution in [2.75, 3.05) is 25.1 Å². The standard InChI is InChI=1S/C25H25N3O5S/c1-4-30-19-14-16(15-20(31-5-2)22(19)32-6-3)24(29)26-18-11-8-7-10-17(18)25-27-23(28-33-25)21-12-9-13-34-21/h7-15H,4-6H2,1-3H3,(H,26,29). The first-order valence-corrected chi connectivity index (χ1v) is 11.9. The average molecular weight is 480 g/mol. The van der Waals surface area contributed by atoms with Crippen LogP contribution >= 0.6 is 11.3 Å². The molecule has 0 fully saturated rings. The minimum Gasteiger partial charge on any atom is -0.490 e. The Kier molecular flexibility index (Phi) is 7.44. The van der Waals surface area contributed by atoms with E-state index in [4.69, 9.17) is 18.7 Å². The van der Waals surface area contributed by atoms with Gasteiger partial charge in [0.15, 0.2) is 11.5 Å². The van der Waals surface area contributed by atoms with E-state index in [0.717, 1.165) is 4.88 Å². The molecule has 176 valence electrons. The summed E-state index contributed by atoms with van der Waals surface area (Å²) in [5, 5.41) is 8.96. The van der Waals surface area contributed by atoms with Crippen LogP contribution < -0.4 is 19.5 Å². The summed E-state index contributed by atoms with van der Waals surface area (Å²) >= 11 is 1.52. The number of anilines is 1. The van der Waals surface area contributed by atoms with Crippen LogP contribution in [-0.2, 0) is 0 Å². The van der Waals surface area contributed by atoms with E-state index in [1.54, 1.807) is 18.2 Å². The molecule has 34 heavy (non-hydrogen) atoms. The molecule has 9 heteroatoms. The maximum absolute atomic E-state index is 13.2. The zero-order valence-electron chi connectivity index (χ0n) is 19.2. The predicted molar refractivity (Wildman–Crippen MR) is 131 cm³/mol. The van der Waals surface area contributed by atoms with Crippen molar-refractivity contribution in [2.24, 2.45) is 0 Å². The second kappa shape index (κ2) is 10.8. The molecule has 0 radical (unpaired) electrons. The molecule has 0 aliphatic carbocycles. The van der Waals surface area contributed by atoms with E-state index < -0.39 is 0 Å². The summed E-state index contributed by atoms with van der Waals surface area (Å²) in [6, 6.07) is 14.4. The third kappa shape index (κ3) is 5.04. The Morgan fingerprint density at radius 1 is 0.971 bits per heavy atom. The number of amides is 1. The number of carbonyl (C=O) groups excluding carboxylic acids is 1. The van der Waals surface area contributed by atoms with E-state index >= 15 is 0 Å². The number of nitrogens with one attached hydrogen (secondary N) is 1. The van der Waals surface area contributed by atoms with E-state index in [1.807, 2.05) is 56.5 Å². The minimum absolute atomic E-state index is 0.316. The maximum atomic E-state index is 13.2.